The summed E-state index contributed by atoms with van der Waals surface area (Å²) in [6, 6.07) is 21.8. The van der Waals surface area contributed by atoms with E-state index < -0.39 is 0 Å². The Morgan fingerprint density at radius 2 is 1.77 bits per heavy atom. The molecular formula is C24H22N4O2. The molecule has 2 aromatic heterocycles. The molecular weight excluding hydrogens is 376 g/mol. The van der Waals surface area contributed by atoms with E-state index in [1.165, 1.54) is 4.52 Å². The lowest BCUT2D eigenvalue weighted by Gasteiger charge is -2.27. The van der Waals surface area contributed by atoms with Gasteiger partial charge in [-0.2, -0.15) is 0 Å². The van der Waals surface area contributed by atoms with Crippen molar-refractivity contribution in [2.24, 2.45) is 0 Å². The second-order valence-corrected chi connectivity index (χ2v) is 7.62. The third-order valence-electron chi connectivity index (χ3n) is 5.67. The van der Waals surface area contributed by atoms with Crippen molar-refractivity contribution in [3.05, 3.63) is 93.9 Å². The van der Waals surface area contributed by atoms with Crippen LogP contribution in [0.2, 0.25) is 0 Å². The topological polar surface area (TPSA) is 70.5 Å². The standard InChI is InChI=1S/C24H22N4O2/c29-23(12-11-17-7-3-1-4-8-17)27-14-13-19-21(16-27)25-22-15-20(26-28(22)24(19)30)18-9-5-2-6-10-18/h1-10,15,26H,11-14,16H2. The summed E-state index contributed by atoms with van der Waals surface area (Å²) in [4.78, 5) is 32.3. The van der Waals surface area contributed by atoms with Gasteiger partial charge in [-0.05, 0) is 24.0 Å². The van der Waals surface area contributed by atoms with E-state index in [0.29, 0.717) is 42.8 Å². The first kappa shape index (κ1) is 18.4. The van der Waals surface area contributed by atoms with Gasteiger partial charge < -0.3 is 4.90 Å². The quantitative estimate of drug-likeness (QED) is 0.574. The van der Waals surface area contributed by atoms with Crippen LogP contribution >= 0.6 is 0 Å². The highest BCUT2D eigenvalue weighted by molar-refractivity contribution is 5.76. The van der Waals surface area contributed by atoms with E-state index in [-0.39, 0.29) is 11.5 Å². The number of nitrogens with one attached hydrogen (secondary N) is 1. The lowest BCUT2D eigenvalue weighted by Crippen LogP contribution is -2.39. The molecule has 4 aromatic rings. The highest BCUT2D eigenvalue weighted by Gasteiger charge is 2.25. The monoisotopic (exact) mass is 398 g/mol. The van der Waals surface area contributed by atoms with Crippen molar-refractivity contribution in [1.29, 1.82) is 0 Å². The molecule has 2 aromatic carbocycles. The van der Waals surface area contributed by atoms with Crippen LogP contribution in [-0.2, 0) is 24.2 Å². The number of carbonyl (C=O) groups is 1. The molecule has 0 fully saturated rings. The maximum absolute atomic E-state index is 13.0. The normalized spacial score (nSPS) is 13.4. The SMILES string of the molecule is O=C(CCc1ccccc1)N1CCc2c(nc3cc(-c4ccccc4)[nH]n3c2=O)C1. The summed E-state index contributed by atoms with van der Waals surface area (Å²) in [6.45, 7) is 0.941. The fraction of sp³-hybridized carbons (Fsp3) is 0.208. The van der Waals surface area contributed by atoms with Gasteiger partial charge in [-0.15, -0.1) is 0 Å². The predicted molar refractivity (Wildman–Crippen MR) is 115 cm³/mol. The van der Waals surface area contributed by atoms with Crippen molar-refractivity contribution in [2.75, 3.05) is 6.54 Å². The molecule has 0 atom stereocenters. The van der Waals surface area contributed by atoms with Gasteiger partial charge in [-0.25, -0.2) is 9.50 Å². The summed E-state index contributed by atoms with van der Waals surface area (Å²) < 4.78 is 1.51. The van der Waals surface area contributed by atoms with Crippen molar-refractivity contribution in [3.8, 4) is 11.3 Å². The van der Waals surface area contributed by atoms with E-state index >= 15 is 0 Å². The van der Waals surface area contributed by atoms with E-state index in [1.54, 1.807) is 0 Å². The molecule has 0 aliphatic carbocycles. The van der Waals surface area contributed by atoms with Crippen molar-refractivity contribution >= 4 is 11.6 Å². The van der Waals surface area contributed by atoms with Gasteiger partial charge in [0.2, 0.25) is 5.91 Å². The molecule has 0 saturated carbocycles. The summed E-state index contributed by atoms with van der Waals surface area (Å²) in [5.74, 6) is 0.102. The van der Waals surface area contributed by atoms with Crippen LogP contribution < -0.4 is 5.56 Å². The number of hydrogen-bond donors (Lipinski definition) is 1. The number of aromatic amines is 1. The van der Waals surface area contributed by atoms with Crippen LogP contribution in [0.4, 0.5) is 0 Å². The highest BCUT2D eigenvalue weighted by Crippen LogP contribution is 2.21. The first-order chi connectivity index (χ1) is 14.7. The van der Waals surface area contributed by atoms with Gasteiger partial charge in [0, 0.05) is 24.6 Å². The van der Waals surface area contributed by atoms with Crippen LogP contribution in [-0.4, -0.2) is 31.9 Å². The van der Waals surface area contributed by atoms with Crippen LogP contribution in [0.25, 0.3) is 16.9 Å². The number of amides is 1. The Bertz CT molecular complexity index is 1260. The van der Waals surface area contributed by atoms with Gasteiger partial charge in [0.1, 0.15) is 0 Å². The number of hydrogen-bond acceptors (Lipinski definition) is 3. The zero-order chi connectivity index (χ0) is 20.5. The third-order valence-corrected chi connectivity index (χ3v) is 5.67. The number of benzene rings is 2. The Kier molecular flexibility index (Phi) is 4.67. The maximum atomic E-state index is 13.0. The number of rotatable bonds is 4. The summed E-state index contributed by atoms with van der Waals surface area (Å²) in [7, 11) is 0. The van der Waals surface area contributed by atoms with Gasteiger partial charge in [-0.3, -0.25) is 14.7 Å². The molecule has 3 heterocycles. The Morgan fingerprint density at radius 3 is 2.53 bits per heavy atom. The van der Waals surface area contributed by atoms with Gasteiger partial charge in [0.15, 0.2) is 5.65 Å². The average molecular weight is 398 g/mol. The fourth-order valence-electron chi connectivity index (χ4n) is 4.03. The van der Waals surface area contributed by atoms with E-state index in [9.17, 15) is 9.59 Å². The van der Waals surface area contributed by atoms with E-state index in [0.717, 1.165) is 23.2 Å². The molecule has 1 aliphatic heterocycles. The van der Waals surface area contributed by atoms with Crippen molar-refractivity contribution in [2.45, 2.75) is 25.8 Å². The van der Waals surface area contributed by atoms with Crippen LogP contribution in [0.5, 0.6) is 0 Å². The largest absolute Gasteiger partial charge is 0.336 e. The van der Waals surface area contributed by atoms with Gasteiger partial charge >= 0.3 is 0 Å². The van der Waals surface area contributed by atoms with E-state index in [4.69, 9.17) is 4.98 Å². The molecule has 6 heteroatoms. The molecule has 150 valence electrons. The van der Waals surface area contributed by atoms with Crippen LogP contribution in [0.1, 0.15) is 23.2 Å². The molecule has 5 rings (SSSR count). The number of aryl methyl sites for hydroxylation is 1. The minimum Gasteiger partial charge on any atom is -0.336 e. The van der Waals surface area contributed by atoms with Crippen molar-refractivity contribution in [3.63, 3.8) is 0 Å². The summed E-state index contributed by atoms with van der Waals surface area (Å²) >= 11 is 0. The van der Waals surface area contributed by atoms with Gasteiger partial charge in [-0.1, -0.05) is 60.7 Å². The first-order valence-corrected chi connectivity index (χ1v) is 10.2. The van der Waals surface area contributed by atoms with Gasteiger partial charge in [0.05, 0.1) is 17.9 Å². The average Bonchev–Trinajstić information content (AvgIpc) is 3.23. The first-order valence-electron chi connectivity index (χ1n) is 10.2. The molecule has 1 aliphatic rings. The zero-order valence-corrected chi connectivity index (χ0v) is 16.5. The van der Waals surface area contributed by atoms with E-state index in [2.05, 4.69) is 5.10 Å². The maximum Gasteiger partial charge on any atom is 0.276 e. The molecule has 1 N–H and O–H groups in total. The summed E-state index contributed by atoms with van der Waals surface area (Å²) in [5, 5.41) is 3.16. The molecule has 30 heavy (non-hydrogen) atoms. The number of nitrogens with zero attached hydrogens (tertiary/aromatic N) is 3. The van der Waals surface area contributed by atoms with E-state index in [1.807, 2.05) is 71.6 Å². The highest BCUT2D eigenvalue weighted by atomic mass is 16.2. The Morgan fingerprint density at radius 1 is 1.03 bits per heavy atom. The third kappa shape index (κ3) is 3.41. The van der Waals surface area contributed by atoms with Crippen molar-refractivity contribution < 1.29 is 4.79 Å². The number of carbonyl (C=O) groups excluding carboxylic acids is 1. The van der Waals surface area contributed by atoms with Crippen LogP contribution in [0.15, 0.2) is 71.5 Å². The Hall–Kier alpha value is -3.67. The lowest BCUT2D eigenvalue weighted by atomic mass is 10.0. The number of fused-ring (bicyclic) bond motifs is 2. The van der Waals surface area contributed by atoms with Crippen LogP contribution in [0.3, 0.4) is 0 Å². The summed E-state index contributed by atoms with van der Waals surface area (Å²) in [6.07, 6.45) is 1.71. The molecule has 0 unspecified atom stereocenters. The minimum atomic E-state index is -0.0754. The lowest BCUT2D eigenvalue weighted by molar-refractivity contribution is -0.132. The number of H-pyrrole nitrogens is 1. The van der Waals surface area contributed by atoms with Crippen LogP contribution in [0, 0.1) is 0 Å². The predicted octanol–water partition coefficient (Wildman–Crippen LogP) is 3.21. The second kappa shape index (κ2) is 7.63. The Balaban J connectivity index is 1.38. The smallest absolute Gasteiger partial charge is 0.276 e. The molecule has 0 spiro atoms. The molecule has 0 radical (unpaired) electrons. The molecule has 0 bridgehead atoms. The summed E-state index contributed by atoms with van der Waals surface area (Å²) in [5.41, 5.74) is 4.90. The fourth-order valence-corrected chi connectivity index (χ4v) is 4.03. The molecule has 1 amide bonds. The van der Waals surface area contributed by atoms with Crippen molar-refractivity contribution in [1.82, 2.24) is 19.5 Å². The molecule has 6 nitrogen and oxygen atoms in total. The Labute approximate surface area is 173 Å². The number of aromatic nitrogens is 3. The zero-order valence-electron chi connectivity index (χ0n) is 16.5. The molecule has 0 saturated heterocycles. The second-order valence-electron chi connectivity index (χ2n) is 7.62. The van der Waals surface area contributed by atoms with Gasteiger partial charge in [0.25, 0.3) is 5.56 Å². The minimum absolute atomic E-state index is 0.0754.